The smallest absolute Gasteiger partial charge is 0.254 e. The van der Waals surface area contributed by atoms with E-state index in [4.69, 9.17) is 11.6 Å². The fourth-order valence-corrected chi connectivity index (χ4v) is 1.53. The summed E-state index contributed by atoms with van der Waals surface area (Å²) in [7, 11) is 0. The summed E-state index contributed by atoms with van der Waals surface area (Å²) in [5.41, 5.74) is 0.583. The molecule has 0 aromatic heterocycles. The van der Waals surface area contributed by atoms with Gasteiger partial charge in [0.1, 0.15) is 5.82 Å². The molecule has 0 atom stereocenters. The summed E-state index contributed by atoms with van der Waals surface area (Å²) in [4.78, 5) is 11.6. The van der Waals surface area contributed by atoms with Gasteiger partial charge < -0.3 is 5.32 Å². The zero-order valence-corrected chi connectivity index (χ0v) is 9.98. The first kappa shape index (κ1) is 13.0. The number of nitrogens with one attached hydrogen (secondary N) is 1. The molecule has 0 aliphatic heterocycles. The van der Waals surface area contributed by atoms with Crippen molar-refractivity contribution in [1.82, 2.24) is 5.32 Å². The SMILES string of the molecule is Cc1cccc(C(=O)NCCCCCl)c1F. The number of benzene rings is 1. The van der Waals surface area contributed by atoms with Crippen LogP contribution < -0.4 is 5.32 Å². The van der Waals surface area contributed by atoms with Crippen LogP contribution in [0.15, 0.2) is 18.2 Å². The zero-order chi connectivity index (χ0) is 12.0. The highest BCUT2D eigenvalue weighted by Crippen LogP contribution is 2.11. The number of hydrogen-bond donors (Lipinski definition) is 1. The molecule has 88 valence electrons. The lowest BCUT2D eigenvalue weighted by molar-refractivity contribution is 0.0949. The van der Waals surface area contributed by atoms with Crippen LogP contribution in [0.3, 0.4) is 0 Å². The molecule has 0 bridgehead atoms. The largest absolute Gasteiger partial charge is 0.352 e. The topological polar surface area (TPSA) is 29.1 Å². The van der Waals surface area contributed by atoms with Crippen LogP contribution in [0.4, 0.5) is 4.39 Å². The van der Waals surface area contributed by atoms with Crippen LogP contribution in [-0.2, 0) is 0 Å². The summed E-state index contributed by atoms with van der Waals surface area (Å²) in [5, 5.41) is 2.66. The Morgan fingerprint density at radius 1 is 1.44 bits per heavy atom. The maximum absolute atomic E-state index is 13.5. The van der Waals surface area contributed by atoms with Gasteiger partial charge in [-0.25, -0.2) is 4.39 Å². The number of amides is 1. The predicted molar refractivity (Wildman–Crippen MR) is 63.4 cm³/mol. The lowest BCUT2D eigenvalue weighted by atomic mass is 10.1. The summed E-state index contributed by atoms with van der Waals surface area (Å²) >= 11 is 5.51. The van der Waals surface area contributed by atoms with Crippen molar-refractivity contribution in [2.75, 3.05) is 12.4 Å². The van der Waals surface area contributed by atoms with Crippen LogP contribution >= 0.6 is 11.6 Å². The maximum Gasteiger partial charge on any atom is 0.254 e. The van der Waals surface area contributed by atoms with E-state index in [1.165, 1.54) is 6.07 Å². The molecule has 1 amide bonds. The van der Waals surface area contributed by atoms with Gasteiger partial charge in [0.05, 0.1) is 5.56 Å². The molecule has 0 saturated carbocycles. The Bertz CT molecular complexity index is 368. The molecule has 1 N–H and O–H groups in total. The normalized spacial score (nSPS) is 10.2. The number of halogens is 2. The highest BCUT2D eigenvalue weighted by Gasteiger charge is 2.11. The molecule has 0 unspecified atom stereocenters. The minimum Gasteiger partial charge on any atom is -0.352 e. The molecule has 16 heavy (non-hydrogen) atoms. The van der Waals surface area contributed by atoms with Crippen molar-refractivity contribution in [3.8, 4) is 0 Å². The summed E-state index contributed by atoms with van der Waals surface area (Å²) < 4.78 is 13.5. The van der Waals surface area contributed by atoms with Crippen LogP contribution in [0.25, 0.3) is 0 Å². The van der Waals surface area contributed by atoms with Gasteiger partial charge in [0, 0.05) is 12.4 Å². The van der Waals surface area contributed by atoms with Crippen LogP contribution in [0.2, 0.25) is 0 Å². The second-order valence-electron chi connectivity index (χ2n) is 3.59. The fraction of sp³-hybridized carbons (Fsp3) is 0.417. The van der Waals surface area contributed by atoms with E-state index in [1.807, 2.05) is 0 Å². The van der Waals surface area contributed by atoms with E-state index in [-0.39, 0.29) is 11.5 Å². The second-order valence-corrected chi connectivity index (χ2v) is 3.97. The first-order valence-electron chi connectivity index (χ1n) is 5.26. The van der Waals surface area contributed by atoms with Crippen LogP contribution in [-0.4, -0.2) is 18.3 Å². The number of aryl methyl sites for hydroxylation is 1. The first-order chi connectivity index (χ1) is 7.66. The molecule has 0 spiro atoms. The average Bonchev–Trinajstić information content (AvgIpc) is 2.28. The zero-order valence-electron chi connectivity index (χ0n) is 9.22. The number of carbonyl (C=O) groups excluding carboxylic acids is 1. The van der Waals surface area contributed by atoms with E-state index in [2.05, 4.69) is 5.32 Å². The van der Waals surface area contributed by atoms with Gasteiger partial charge in [0.2, 0.25) is 0 Å². The molecule has 0 heterocycles. The quantitative estimate of drug-likeness (QED) is 0.625. The number of unbranched alkanes of at least 4 members (excludes halogenated alkanes) is 1. The molecular formula is C12H15ClFNO. The minimum absolute atomic E-state index is 0.103. The Kier molecular flexibility index (Phi) is 5.26. The Hall–Kier alpha value is -1.09. The lowest BCUT2D eigenvalue weighted by Crippen LogP contribution is -2.25. The summed E-state index contributed by atoms with van der Waals surface area (Å²) in [6.07, 6.45) is 1.65. The monoisotopic (exact) mass is 243 g/mol. The molecule has 4 heteroatoms. The third-order valence-electron chi connectivity index (χ3n) is 2.28. The van der Waals surface area contributed by atoms with Gasteiger partial charge in [-0.15, -0.1) is 11.6 Å². The van der Waals surface area contributed by atoms with Crippen molar-refractivity contribution in [2.45, 2.75) is 19.8 Å². The van der Waals surface area contributed by atoms with Crippen molar-refractivity contribution in [1.29, 1.82) is 0 Å². The molecule has 1 aromatic rings. The fourth-order valence-electron chi connectivity index (χ4n) is 1.34. The van der Waals surface area contributed by atoms with E-state index in [0.717, 1.165) is 12.8 Å². The number of carbonyl (C=O) groups is 1. The van der Waals surface area contributed by atoms with Crippen molar-refractivity contribution in [3.63, 3.8) is 0 Å². The summed E-state index contributed by atoms with van der Waals surface area (Å²) in [6, 6.07) is 4.80. The van der Waals surface area contributed by atoms with E-state index < -0.39 is 5.82 Å². The van der Waals surface area contributed by atoms with Crippen LogP contribution in [0, 0.1) is 12.7 Å². The summed E-state index contributed by atoms with van der Waals surface area (Å²) in [6.45, 7) is 2.17. The molecule has 0 aliphatic carbocycles. The van der Waals surface area contributed by atoms with Gasteiger partial charge in [-0.3, -0.25) is 4.79 Å². The lowest BCUT2D eigenvalue weighted by Gasteiger charge is -2.06. The van der Waals surface area contributed by atoms with Gasteiger partial charge in [-0.05, 0) is 31.4 Å². The molecule has 2 nitrogen and oxygen atoms in total. The Balaban J connectivity index is 2.56. The van der Waals surface area contributed by atoms with E-state index in [1.54, 1.807) is 19.1 Å². The summed E-state index contributed by atoms with van der Waals surface area (Å²) in [5.74, 6) is -0.234. The van der Waals surface area contributed by atoms with Gasteiger partial charge in [-0.1, -0.05) is 12.1 Å². The average molecular weight is 244 g/mol. The predicted octanol–water partition coefficient (Wildman–Crippen LogP) is 2.88. The molecule has 1 aromatic carbocycles. The van der Waals surface area contributed by atoms with Crippen molar-refractivity contribution >= 4 is 17.5 Å². The van der Waals surface area contributed by atoms with Gasteiger partial charge in [0.15, 0.2) is 0 Å². The molecule has 1 rings (SSSR count). The number of hydrogen-bond acceptors (Lipinski definition) is 1. The van der Waals surface area contributed by atoms with Crippen molar-refractivity contribution in [2.24, 2.45) is 0 Å². The Labute approximate surface area is 99.8 Å². The second kappa shape index (κ2) is 6.48. The molecule has 0 fully saturated rings. The highest BCUT2D eigenvalue weighted by molar-refractivity contribution is 6.17. The number of rotatable bonds is 5. The maximum atomic E-state index is 13.5. The van der Waals surface area contributed by atoms with Crippen LogP contribution in [0.5, 0.6) is 0 Å². The highest BCUT2D eigenvalue weighted by atomic mass is 35.5. The Morgan fingerprint density at radius 2 is 2.19 bits per heavy atom. The van der Waals surface area contributed by atoms with Gasteiger partial charge >= 0.3 is 0 Å². The minimum atomic E-state index is -0.447. The van der Waals surface area contributed by atoms with Gasteiger partial charge in [0.25, 0.3) is 5.91 Å². The first-order valence-corrected chi connectivity index (χ1v) is 5.79. The van der Waals surface area contributed by atoms with E-state index in [9.17, 15) is 9.18 Å². The molecule has 0 aliphatic rings. The Morgan fingerprint density at radius 3 is 2.88 bits per heavy atom. The third-order valence-corrected chi connectivity index (χ3v) is 2.55. The number of alkyl halides is 1. The molecule has 0 saturated heterocycles. The van der Waals surface area contributed by atoms with E-state index in [0.29, 0.717) is 18.0 Å². The van der Waals surface area contributed by atoms with Crippen LogP contribution in [0.1, 0.15) is 28.8 Å². The third kappa shape index (κ3) is 3.49. The van der Waals surface area contributed by atoms with Gasteiger partial charge in [-0.2, -0.15) is 0 Å². The molecule has 0 radical (unpaired) electrons. The molecular weight excluding hydrogens is 229 g/mol. The van der Waals surface area contributed by atoms with E-state index >= 15 is 0 Å². The van der Waals surface area contributed by atoms with Crippen molar-refractivity contribution in [3.05, 3.63) is 35.1 Å². The van der Waals surface area contributed by atoms with Crippen molar-refractivity contribution < 1.29 is 9.18 Å². The standard InChI is InChI=1S/C12H15ClFNO/c1-9-5-4-6-10(11(9)14)12(16)15-8-3-2-7-13/h4-6H,2-3,7-8H2,1H3,(H,15,16).